The average molecular weight is 238 g/mol. The molecule has 0 unspecified atom stereocenters. The number of nitrogens with zero attached hydrogens (tertiary/aromatic N) is 1. The summed E-state index contributed by atoms with van der Waals surface area (Å²) >= 11 is 0. The van der Waals surface area contributed by atoms with Crippen molar-refractivity contribution in [3.63, 3.8) is 0 Å². The molecule has 0 saturated heterocycles. The maximum atomic E-state index is 5.49. The van der Waals surface area contributed by atoms with E-state index in [-0.39, 0.29) is 12.4 Å². The highest BCUT2D eigenvalue weighted by atomic mass is 35.5. The lowest BCUT2D eigenvalue weighted by Crippen LogP contribution is -1.95. The van der Waals surface area contributed by atoms with E-state index in [1.807, 2.05) is 6.07 Å². The van der Waals surface area contributed by atoms with Gasteiger partial charge in [-0.05, 0) is 18.6 Å². The largest absolute Gasteiger partial charge is 0.325 e. The maximum Gasteiger partial charge on any atom is 0.0760 e. The summed E-state index contributed by atoms with van der Waals surface area (Å²) in [6.07, 6.45) is 0.882. The van der Waals surface area contributed by atoms with Gasteiger partial charge in [-0.1, -0.05) is 29.8 Å². The lowest BCUT2D eigenvalue weighted by Gasteiger charge is -1.98. The van der Waals surface area contributed by atoms with Crippen molar-refractivity contribution in [2.45, 2.75) is 19.9 Å². The Hall–Kier alpha value is -1.32. The summed E-state index contributed by atoms with van der Waals surface area (Å²) in [6.45, 7) is 2.58. The summed E-state index contributed by atoms with van der Waals surface area (Å²) in [5.41, 5.74) is 10.1. The van der Waals surface area contributed by atoms with Crippen molar-refractivity contribution in [3.05, 3.63) is 52.8 Å². The molecule has 0 aliphatic rings. The van der Waals surface area contributed by atoms with Crippen LogP contribution in [0.3, 0.4) is 0 Å². The highest BCUT2D eigenvalue weighted by Gasteiger charge is 2.00. The van der Waals surface area contributed by atoms with E-state index in [1.54, 1.807) is 0 Å². The van der Waals surface area contributed by atoms with Gasteiger partial charge in [0.25, 0.3) is 0 Å². The highest BCUT2D eigenvalue weighted by molar-refractivity contribution is 5.85. The first-order chi connectivity index (χ1) is 7.28. The van der Waals surface area contributed by atoms with E-state index in [0.717, 1.165) is 17.8 Å². The predicted octanol–water partition coefficient (Wildman–Crippen LogP) is 2.19. The van der Waals surface area contributed by atoms with Gasteiger partial charge in [0.05, 0.1) is 5.69 Å². The molecular formula is C12H16ClN3. The monoisotopic (exact) mass is 237 g/mol. The Labute approximate surface area is 101 Å². The fraction of sp³-hybridized carbons (Fsp3) is 0.250. The Morgan fingerprint density at radius 3 is 2.50 bits per heavy atom. The van der Waals surface area contributed by atoms with Gasteiger partial charge in [-0.3, -0.25) is 5.10 Å². The molecule has 1 aromatic carbocycles. The zero-order chi connectivity index (χ0) is 10.7. The second-order valence-electron chi connectivity index (χ2n) is 3.75. The second-order valence-corrected chi connectivity index (χ2v) is 3.75. The van der Waals surface area contributed by atoms with E-state index < -0.39 is 0 Å². The molecule has 2 rings (SSSR count). The van der Waals surface area contributed by atoms with E-state index in [2.05, 4.69) is 41.4 Å². The topological polar surface area (TPSA) is 54.7 Å². The van der Waals surface area contributed by atoms with Gasteiger partial charge in [-0.15, -0.1) is 12.4 Å². The summed E-state index contributed by atoms with van der Waals surface area (Å²) in [5, 5.41) is 7.09. The molecule has 86 valence electrons. The molecule has 1 heterocycles. The number of nitrogens with one attached hydrogen (secondary N) is 1. The quantitative estimate of drug-likeness (QED) is 0.860. The van der Waals surface area contributed by atoms with E-state index >= 15 is 0 Å². The first-order valence-electron chi connectivity index (χ1n) is 5.06. The molecule has 0 aliphatic carbocycles. The van der Waals surface area contributed by atoms with Crippen LogP contribution in [-0.2, 0) is 13.0 Å². The average Bonchev–Trinajstić information content (AvgIpc) is 2.69. The van der Waals surface area contributed by atoms with Gasteiger partial charge < -0.3 is 5.73 Å². The zero-order valence-corrected chi connectivity index (χ0v) is 10.1. The number of rotatable bonds is 3. The highest BCUT2D eigenvalue weighted by Crippen LogP contribution is 2.09. The number of H-pyrrole nitrogens is 1. The van der Waals surface area contributed by atoms with Gasteiger partial charge in [0.2, 0.25) is 0 Å². The molecule has 4 heteroatoms. The number of nitrogens with two attached hydrogens (primary N) is 1. The van der Waals surface area contributed by atoms with Crippen molar-refractivity contribution in [2.24, 2.45) is 5.73 Å². The first kappa shape index (κ1) is 12.7. The molecule has 0 spiro atoms. The van der Waals surface area contributed by atoms with Crippen LogP contribution < -0.4 is 5.73 Å². The molecule has 0 radical (unpaired) electrons. The maximum absolute atomic E-state index is 5.49. The minimum absolute atomic E-state index is 0. The smallest absolute Gasteiger partial charge is 0.0760 e. The Balaban J connectivity index is 0.00000128. The lowest BCUT2D eigenvalue weighted by atomic mass is 10.1. The molecule has 0 atom stereocenters. The van der Waals surface area contributed by atoms with Crippen molar-refractivity contribution in [2.75, 3.05) is 0 Å². The normalized spacial score (nSPS) is 9.88. The van der Waals surface area contributed by atoms with Gasteiger partial charge in [-0.25, -0.2) is 0 Å². The number of benzene rings is 1. The Kier molecular flexibility index (Phi) is 4.52. The molecule has 0 aliphatic heterocycles. The van der Waals surface area contributed by atoms with Gasteiger partial charge in [0, 0.05) is 18.7 Å². The number of halogens is 1. The van der Waals surface area contributed by atoms with Gasteiger partial charge in [0.15, 0.2) is 0 Å². The van der Waals surface area contributed by atoms with Crippen LogP contribution in [0.15, 0.2) is 30.3 Å². The summed E-state index contributed by atoms with van der Waals surface area (Å²) in [6, 6.07) is 10.5. The molecule has 3 nitrogen and oxygen atoms in total. The molecule has 16 heavy (non-hydrogen) atoms. The Morgan fingerprint density at radius 2 is 1.94 bits per heavy atom. The van der Waals surface area contributed by atoms with E-state index in [4.69, 9.17) is 5.73 Å². The first-order valence-corrected chi connectivity index (χ1v) is 5.06. The van der Waals surface area contributed by atoms with Crippen LogP contribution in [0.5, 0.6) is 0 Å². The van der Waals surface area contributed by atoms with Crippen molar-refractivity contribution >= 4 is 12.4 Å². The summed E-state index contributed by atoms with van der Waals surface area (Å²) in [7, 11) is 0. The standard InChI is InChI=1S/C12H15N3.ClH/c1-9-2-4-10(5-3-9)6-11-7-12(8-13)15-14-11;/h2-5,7H,6,8,13H2,1H3,(H,14,15);1H. The van der Waals surface area contributed by atoms with Crippen LogP contribution in [0.2, 0.25) is 0 Å². The number of aryl methyl sites for hydroxylation is 1. The molecule has 0 amide bonds. The van der Waals surface area contributed by atoms with Crippen LogP contribution in [0.25, 0.3) is 0 Å². The molecule has 3 N–H and O–H groups in total. The van der Waals surface area contributed by atoms with Crippen molar-refractivity contribution in [3.8, 4) is 0 Å². The van der Waals surface area contributed by atoms with Crippen molar-refractivity contribution in [1.82, 2.24) is 10.2 Å². The summed E-state index contributed by atoms with van der Waals surface area (Å²) in [5.74, 6) is 0. The Bertz CT molecular complexity index is 434. The van der Waals surface area contributed by atoms with Crippen molar-refractivity contribution < 1.29 is 0 Å². The number of aromatic nitrogens is 2. The Morgan fingerprint density at radius 1 is 1.25 bits per heavy atom. The van der Waals surface area contributed by atoms with Crippen LogP contribution in [-0.4, -0.2) is 10.2 Å². The number of aromatic amines is 1. The molecule has 0 saturated carbocycles. The predicted molar refractivity (Wildman–Crippen MR) is 67.7 cm³/mol. The van der Waals surface area contributed by atoms with E-state index in [1.165, 1.54) is 11.1 Å². The third-order valence-corrected chi connectivity index (χ3v) is 2.41. The van der Waals surface area contributed by atoms with E-state index in [0.29, 0.717) is 6.54 Å². The van der Waals surface area contributed by atoms with Crippen molar-refractivity contribution in [1.29, 1.82) is 0 Å². The molecule has 2 aromatic rings. The fourth-order valence-electron chi connectivity index (χ4n) is 1.53. The SMILES string of the molecule is Cc1ccc(Cc2cc(CN)n[nH]2)cc1.Cl. The molecular weight excluding hydrogens is 222 g/mol. The molecule has 0 bridgehead atoms. The third-order valence-electron chi connectivity index (χ3n) is 2.41. The van der Waals surface area contributed by atoms with Crippen LogP contribution in [0.4, 0.5) is 0 Å². The van der Waals surface area contributed by atoms with Gasteiger partial charge in [-0.2, -0.15) is 5.10 Å². The summed E-state index contributed by atoms with van der Waals surface area (Å²) < 4.78 is 0. The third kappa shape index (κ3) is 3.08. The molecule has 1 aromatic heterocycles. The minimum Gasteiger partial charge on any atom is -0.325 e. The number of hydrogen-bond donors (Lipinski definition) is 2. The second kappa shape index (κ2) is 5.68. The zero-order valence-electron chi connectivity index (χ0n) is 9.23. The van der Waals surface area contributed by atoms with Gasteiger partial charge >= 0.3 is 0 Å². The lowest BCUT2D eigenvalue weighted by molar-refractivity contribution is 0.928. The van der Waals surface area contributed by atoms with Gasteiger partial charge in [0.1, 0.15) is 0 Å². The van der Waals surface area contributed by atoms with Crippen LogP contribution >= 0.6 is 12.4 Å². The van der Waals surface area contributed by atoms with E-state index in [9.17, 15) is 0 Å². The number of hydrogen-bond acceptors (Lipinski definition) is 2. The summed E-state index contributed by atoms with van der Waals surface area (Å²) in [4.78, 5) is 0. The molecule has 0 fully saturated rings. The van der Waals surface area contributed by atoms with Crippen LogP contribution in [0.1, 0.15) is 22.5 Å². The minimum atomic E-state index is 0. The van der Waals surface area contributed by atoms with Crippen LogP contribution in [0, 0.1) is 6.92 Å². The fourth-order valence-corrected chi connectivity index (χ4v) is 1.53.